The summed E-state index contributed by atoms with van der Waals surface area (Å²) >= 11 is 0. The number of carboxylic acid groups (broad SMARTS) is 1. The van der Waals surface area contributed by atoms with E-state index in [1.165, 1.54) is 6.42 Å². The monoisotopic (exact) mass is 271 g/mol. The van der Waals surface area contributed by atoms with Crippen LogP contribution < -0.4 is 5.32 Å². The van der Waals surface area contributed by atoms with Crippen molar-refractivity contribution in [3.8, 4) is 0 Å². The molecule has 0 saturated carbocycles. The molecule has 0 aromatic heterocycles. The molecular formula is C14H29N3O2. The van der Waals surface area contributed by atoms with Gasteiger partial charge in [-0.1, -0.05) is 6.92 Å². The zero-order valence-corrected chi connectivity index (χ0v) is 12.8. The van der Waals surface area contributed by atoms with E-state index in [0.717, 1.165) is 32.7 Å². The second-order valence-electron chi connectivity index (χ2n) is 5.77. The molecule has 1 aliphatic heterocycles. The Balaban J connectivity index is 2.35. The summed E-state index contributed by atoms with van der Waals surface area (Å²) in [6, 6.07) is 0.656. The van der Waals surface area contributed by atoms with Crippen LogP contribution in [0.4, 0.5) is 0 Å². The highest BCUT2D eigenvalue weighted by Crippen LogP contribution is 2.13. The Bertz CT molecular complexity index is 290. The van der Waals surface area contributed by atoms with Crippen LogP contribution in [0.5, 0.6) is 0 Å². The minimum absolute atomic E-state index is 0.641. The number of piperazine rings is 1. The van der Waals surface area contributed by atoms with Crippen LogP contribution in [0.1, 0.15) is 33.6 Å². The molecular weight excluding hydrogens is 242 g/mol. The second-order valence-corrected chi connectivity index (χ2v) is 5.77. The lowest BCUT2D eigenvalue weighted by Gasteiger charge is -2.38. The van der Waals surface area contributed by atoms with Gasteiger partial charge in [0.1, 0.15) is 5.54 Å². The Morgan fingerprint density at radius 3 is 2.37 bits per heavy atom. The highest BCUT2D eigenvalue weighted by molar-refractivity contribution is 5.78. The Morgan fingerprint density at radius 1 is 1.37 bits per heavy atom. The lowest BCUT2D eigenvalue weighted by atomic mass is 9.98. The first-order valence-electron chi connectivity index (χ1n) is 7.31. The summed E-state index contributed by atoms with van der Waals surface area (Å²) in [5.74, 6) is -0.770. The fourth-order valence-electron chi connectivity index (χ4n) is 2.41. The first-order valence-corrected chi connectivity index (χ1v) is 7.31. The molecule has 2 atom stereocenters. The number of carboxylic acids is 1. The molecule has 1 aliphatic rings. The SMILES string of the molecule is CCC(C)N1CCN(CCC(C)(NC)C(=O)O)CC1. The van der Waals surface area contributed by atoms with Crippen LogP contribution in [0.2, 0.25) is 0 Å². The predicted octanol–water partition coefficient (Wildman–Crippen LogP) is 0.855. The molecule has 0 aromatic carbocycles. The number of likely N-dealkylation sites (N-methyl/N-ethyl adjacent to an activating group) is 1. The van der Waals surface area contributed by atoms with E-state index in [1.54, 1.807) is 14.0 Å². The van der Waals surface area contributed by atoms with Crippen molar-refractivity contribution < 1.29 is 9.90 Å². The summed E-state index contributed by atoms with van der Waals surface area (Å²) in [6.07, 6.45) is 1.83. The Morgan fingerprint density at radius 2 is 1.95 bits per heavy atom. The summed E-state index contributed by atoms with van der Waals surface area (Å²) in [4.78, 5) is 16.1. The normalized spacial score (nSPS) is 22.9. The van der Waals surface area contributed by atoms with Crippen LogP contribution in [-0.4, -0.2) is 72.2 Å². The standard InChI is InChI=1S/C14H29N3O2/c1-5-12(2)17-10-8-16(9-11-17)7-6-14(3,15-4)13(18)19/h12,15H,5-11H2,1-4H3,(H,18,19). The van der Waals surface area contributed by atoms with Crippen LogP contribution in [0.25, 0.3) is 0 Å². The minimum Gasteiger partial charge on any atom is -0.480 e. The molecule has 1 rings (SSSR count). The van der Waals surface area contributed by atoms with Gasteiger partial charge in [0.15, 0.2) is 0 Å². The smallest absolute Gasteiger partial charge is 0.323 e. The highest BCUT2D eigenvalue weighted by atomic mass is 16.4. The maximum atomic E-state index is 11.2. The summed E-state index contributed by atoms with van der Waals surface area (Å²) < 4.78 is 0. The van der Waals surface area contributed by atoms with Crippen LogP contribution in [0.15, 0.2) is 0 Å². The lowest BCUT2D eigenvalue weighted by Crippen LogP contribution is -2.53. The van der Waals surface area contributed by atoms with Gasteiger partial charge in [0.2, 0.25) is 0 Å². The molecule has 2 unspecified atom stereocenters. The van der Waals surface area contributed by atoms with Crippen LogP contribution in [0.3, 0.4) is 0 Å². The molecule has 2 N–H and O–H groups in total. The Kier molecular flexibility index (Phi) is 6.23. The Labute approximate surface area is 117 Å². The van der Waals surface area contributed by atoms with Crippen molar-refractivity contribution in [3.05, 3.63) is 0 Å². The van der Waals surface area contributed by atoms with Crippen molar-refractivity contribution in [2.24, 2.45) is 0 Å². The summed E-state index contributed by atoms with van der Waals surface area (Å²) in [5, 5.41) is 12.1. The summed E-state index contributed by atoms with van der Waals surface area (Å²) in [7, 11) is 1.72. The Hall–Kier alpha value is -0.650. The van der Waals surface area contributed by atoms with Crippen molar-refractivity contribution in [2.75, 3.05) is 39.8 Å². The number of nitrogens with one attached hydrogen (secondary N) is 1. The van der Waals surface area contributed by atoms with Crippen molar-refractivity contribution in [2.45, 2.75) is 45.2 Å². The molecule has 19 heavy (non-hydrogen) atoms. The largest absolute Gasteiger partial charge is 0.480 e. The van der Waals surface area contributed by atoms with Gasteiger partial charge in [0, 0.05) is 38.8 Å². The van der Waals surface area contributed by atoms with Gasteiger partial charge in [0.25, 0.3) is 0 Å². The van der Waals surface area contributed by atoms with Gasteiger partial charge in [-0.05, 0) is 33.7 Å². The molecule has 0 amide bonds. The third-order valence-corrected chi connectivity index (χ3v) is 4.57. The first-order chi connectivity index (χ1) is 8.92. The molecule has 1 fully saturated rings. The second kappa shape index (κ2) is 7.22. The zero-order valence-electron chi connectivity index (χ0n) is 12.8. The van der Waals surface area contributed by atoms with Gasteiger partial charge in [-0.25, -0.2) is 0 Å². The number of rotatable bonds is 7. The number of nitrogens with zero attached hydrogens (tertiary/aromatic N) is 2. The molecule has 5 heteroatoms. The van der Waals surface area contributed by atoms with E-state index in [-0.39, 0.29) is 0 Å². The van der Waals surface area contributed by atoms with Gasteiger partial charge in [-0.2, -0.15) is 0 Å². The molecule has 0 aliphatic carbocycles. The van der Waals surface area contributed by atoms with Crippen LogP contribution >= 0.6 is 0 Å². The number of aliphatic carboxylic acids is 1. The van der Waals surface area contributed by atoms with Crippen LogP contribution in [0, 0.1) is 0 Å². The van der Waals surface area contributed by atoms with E-state index < -0.39 is 11.5 Å². The van der Waals surface area contributed by atoms with Crippen molar-refractivity contribution in [3.63, 3.8) is 0 Å². The number of carbonyl (C=O) groups is 1. The van der Waals surface area contributed by atoms with E-state index in [1.807, 2.05) is 0 Å². The molecule has 0 bridgehead atoms. The molecule has 0 spiro atoms. The van der Waals surface area contributed by atoms with Gasteiger partial charge < -0.3 is 15.3 Å². The average molecular weight is 271 g/mol. The fourth-order valence-corrected chi connectivity index (χ4v) is 2.41. The number of hydrogen-bond donors (Lipinski definition) is 2. The van der Waals surface area contributed by atoms with E-state index >= 15 is 0 Å². The van der Waals surface area contributed by atoms with Crippen molar-refractivity contribution >= 4 is 5.97 Å². The van der Waals surface area contributed by atoms with Gasteiger partial charge in [-0.15, -0.1) is 0 Å². The molecule has 1 saturated heterocycles. The quantitative estimate of drug-likeness (QED) is 0.719. The van der Waals surface area contributed by atoms with E-state index in [4.69, 9.17) is 0 Å². The van der Waals surface area contributed by atoms with Crippen molar-refractivity contribution in [1.82, 2.24) is 15.1 Å². The van der Waals surface area contributed by atoms with Gasteiger partial charge in [-0.3, -0.25) is 9.69 Å². The predicted molar refractivity (Wildman–Crippen MR) is 77.5 cm³/mol. The van der Waals surface area contributed by atoms with Gasteiger partial charge >= 0.3 is 5.97 Å². The summed E-state index contributed by atoms with van der Waals surface area (Å²) in [6.45, 7) is 11.4. The molecule has 0 aromatic rings. The third-order valence-electron chi connectivity index (χ3n) is 4.57. The zero-order chi connectivity index (χ0) is 14.5. The third kappa shape index (κ3) is 4.44. The van der Waals surface area contributed by atoms with Crippen LogP contribution in [-0.2, 0) is 4.79 Å². The van der Waals surface area contributed by atoms with Gasteiger partial charge in [0.05, 0.1) is 0 Å². The molecule has 0 radical (unpaired) electrons. The molecule has 1 heterocycles. The first kappa shape index (κ1) is 16.4. The van der Waals surface area contributed by atoms with E-state index in [9.17, 15) is 9.90 Å². The van der Waals surface area contributed by atoms with E-state index in [2.05, 4.69) is 29.0 Å². The topological polar surface area (TPSA) is 55.8 Å². The maximum absolute atomic E-state index is 11.2. The lowest BCUT2D eigenvalue weighted by molar-refractivity contribution is -0.144. The van der Waals surface area contributed by atoms with Crippen molar-refractivity contribution in [1.29, 1.82) is 0 Å². The molecule has 5 nitrogen and oxygen atoms in total. The highest BCUT2D eigenvalue weighted by Gasteiger charge is 2.31. The molecule has 112 valence electrons. The average Bonchev–Trinajstić information content (AvgIpc) is 2.44. The minimum atomic E-state index is -0.812. The maximum Gasteiger partial charge on any atom is 0.323 e. The van der Waals surface area contributed by atoms with E-state index in [0.29, 0.717) is 12.5 Å². The summed E-state index contributed by atoms with van der Waals surface area (Å²) in [5.41, 5.74) is -0.812. The number of hydrogen-bond acceptors (Lipinski definition) is 4. The fraction of sp³-hybridized carbons (Fsp3) is 0.929.